The maximum absolute atomic E-state index is 14.9. The minimum atomic E-state index is -0.0687. The lowest BCUT2D eigenvalue weighted by molar-refractivity contribution is 0.348. The molecular weight excluding hydrogens is 379 g/mol. The van der Waals surface area contributed by atoms with Gasteiger partial charge in [0.25, 0.3) is 0 Å². The first-order valence-corrected chi connectivity index (χ1v) is 12.0. The number of benzene rings is 3. The van der Waals surface area contributed by atoms with E-state index < -0.39 is 0 Å². The largest absolute Gasteiger partial charge is 0.206 e. The Morgan fingerprint density at radius 2 is 1.55 bits per heavy atom. The molecule has 0 aromatic heterocycles. The molecule has 1 saturated carbocycles. The van der Waals surface area contributed by atoms with E-state index in [0.717, 1.165) is 53.7 Å². The van der Waals surface area contributed by atoms with Crippen molar-refractivity contribution < 1.29 is 4.39 Å². The smallest absolute Gasteiger partial charge is 0.134 e. The standard InChI is InChI=1S/C30H33F/c1-3-4-5-6-27-18-19-28-21-24(13-20-29(28)30(27)31)10-9-23-11-16-26(17-12-23)25-14-7-22(2)8-15-25/h11-13,16-22,25H,3-8,14-15H2,1-2H3. The lowest BCUT2D eigenvalue weighted by Gasteiger charge is -2.26. The first-order chi connectivity index (χ1) is 15.1. The Morgan fingerprint density at radius 3 is 2.29 bits per heavy atom. The van der Waals surface area contributed by atoms with Crippen LogP contribution >= 0.6 is 0 Å². The highest BCUT2D eigenvalue weighted by Crippen LogP contribution is 2.35. The Bertz CT molecular complexity index is 1070. The molecule has 1 fully saturated rings. The van der Waals surface area contributed by atoms with Gasteiger partial charge in [0.15, 0.2) is 0 Å². The van der Waals surface area contributed by atoms with Gasteiger partial charge in [-0.15, -0.1) is 0 Å². The second kappa shape index (κ2) is 10.1. The second-order valence-corrected chi connectivity index (χ2v) is 9.26. The zero-order chi connectivity index (χ0) is 21.6. The van der Waals surface area contributed by atoms with Crippen LogP contribution in [0, 0.1) is 23.6 Å². The maximum Gasteiger partial charge on any atom is 0.134 e. The van der Waals surface area contributed by atoms with E-state index in [-0.39, 0.29) is 5.82 Å². The molecule has 0 radical (unpaired) electrons. The quantitative estimate of drug-likeness (QED) is 0.291. The Morgan fingerprint density at radius 1 is 0.839 bits per heavy atom. The zero-order valence-electron chi connectivity index (χ0n) is 18.9. The van der Waals surface area contributed by atoms with Crippen molar-refractivity contribution in [1.82, 2.24) is 0 Å². The van der Waals surface area contributed by atoms with Gasteiger partial charge in [0, 0.05) is 16.5 Å². The molecule has 0 heterocycles. The van der Waals surface area contributed by atoms with Gasteiger partial charge in [0.2, 0.25) is 0 Å². The van der Waals surface area contributed by atoms with Gasteiger partial charge in [-0.1, -0.05) is 81.7 Å². The molecule has 1 heteroatoms. The SMILES string of the molecule is CCCCCc1ccc2cc(C#Cc3ccc(C4CCC(C)CC4)cc3)ccc2c1F. The van der Waals surface area contributed by atoms with Crippen molar-refractivity contribution in [2.24, 2.45) is 5.92 Å². The summed E-state index contributed by atoms with van der Waals surface area (Å²) in [5, 5.41) is 1.62. The minimum absolute atomic E-state index is 0.0687. The average molecular weight is 413 g/mol. The summed E-state index contributed by atoms with van der Waals surface area (Å²) in [5.74, 6) is 8.06. The van der Waals surface area contributed by atoms with Crippen LogP contribution in [-0.2, 0) is 6.42 Å². The van der Waals surface area contributed by atoms with Crippen LogP contribution in [0.25, 0.3) is 10.8 Å². The van der Waals surface area contributed by atoms with Gasteiger partial charge in [0.1, 0.15) is 5.82 Å². The Hall–Kier alpha value is -2.59. The van der Waals surface area contributed by atoms with Crippen molar-refractivity contribution in [3.8, 4) is 11.8 Å². The summed E-state index contributed by atoms with van der Waals surface area (Å²) in [6.07, 6.45) is 9.45. The molecule has 160 valence electrons. The lowest BCUT2D eigenvalue weighted by atomic mass is 9.79. The van der Waals surface area contributed by atoms with Gasteiger partial charge in [-0.05, 0) is 78.3 Å². The zero-order valence-corrected chi connectivity index (χ0v) is 18.9. The van der Waals surface area contributed by atoms with Crippen LogP contribution in [0.1, 0.15) is 87.0 Å². The minimum Gasteiger partial charge on any atom is -0.206 e. The van der Waals surface area contributed by atoms with Crippen LogP contribution in [0.2, 0.25) is 0 Å². The molecule has 0 nitrogen and oxygen atoms in total. The molecule has 1 aliphatic carbocycles. The highest BCUT2D eigenvalue weighted by atomic mass is 19.1. The molecule has 0 aliphatic heterocycles. The fourth-order valence-corrected chi connectivity index (χ4v) is 4.75. The van der Waals surface area contributed by atoms with Crippen molar-refractivity contribution in [2.75, 3.05) is 0 Å². The average Bonchev–Trinajstić information content (AvgIpc) is 2.80. The van der Waals surface area contributed by atoms with Crippen LogP contribution in [0.5, 0.6) is 0 Å². The fraction of sp³-hybridized carbons (Fsp3) is 0.400. The number of hydrogen-bond donors (Lipinski definition) is 0. The number of rotatable bonds is 5. The summed E-state index contributed by atoms with van der Waals surface area (Å²) in [6, 6.07) is 18.6. The van der Waals surface area contributed by atoms with E-state index in [1.807, 2.05) is 30.3 Å². The Kier molecular flexibility index (Phi) is 7.08. The topological polar surface area (TPSA) is 0 Å². The van der Waals surface area contributed by atoms with E-state index >= 15 is 0 Å². The summed E-state index contributed by atoms with van der Waals surface area (Å²) in [5.41, 5.74) is 4.24. The number of unbranched alkanes of at least 4 members (excludes halogenated alkanes) is 2. The van der Waals surface area contributed by atoms with Gasteiger partial charge < -0.3 is 0 Å². The van der Waals surface area contributed by atoms with Crippen LogP contribution in [0.4, 0.5) is 4.39 Å². The summed E-state index contributed by atoms with van der Waals surface area (Å²) in [6.45, 7) is 4.54. The first-order valence-electron chi connectivity index (χ1n) is 12.0. The van der Waals surface area contributed by atoms with E-state index in [2.05, 4.69) is 50.0 Å². The third-order valence-electron chi connectivity index (χ3n) is 6.83. The highest BCUT2D eigenvalue weighted by molar-refractivity contribution is 5.85. The van der Waals surface area contributed by atoms with E-state index in [9.17, 15) is 4.39 Å². The van der Waals surface area contributed by atoms with Gasteiger partial charge in [0.05, 0.1) is 0 Å². The molecule has 0 bridgehead atoms. The van der Waals surface area contributed by atoms with Crippen molar-refractivity contribution >= 4 is 10.8 Å². The summed E-state index contributed by atoms with van der Waals surface area (Å²) in [7, 11) is 0. The predicted molar refractivity (Wildman–Crippen MR) is 130 cm³/mol. The van der Waals surface area contributed by atoms with E-state index in [0.29, 0.717) is 11.3 Å². The molecule has 3 aromatic carbocycles. The normalized spacial score (nSPS) is 18.5. The first kappa shape index (κ1) is 21.6. The second-order valence-electron chi connectivity index (χ2n) is 9.26. The van der Waals surface area contributed by atoms with E-state index in [1.165, 1.54) is 31.2 Å². The summed E-state index contributed by atoms with van der Waals surface area (Å²) < 4.78 is 14.9. The maximum atomic E-state index is 14.9. The third-order valence-corrected chi connectivity index (χ3v) is 6.83. The molecule has 0 spiro atoms. The highest BCUT2D eigenvalue weighted by Gasteiger charge is 2.19. The number of fused-ring (bicyclic) bond motifs is 1. The molecule has 3 aromatic rings. The van der Waals surface area contributed by atoms with Crippen molar-refractivity contribution in [3.63, 3.8) is 0 Å². The molecule has 0 saturated heterocycles. The fourth-order valence-electron chi connectivity index (χ4n) is 4.75. The Labute approximate surface area is 186 Å². The van der Waals surface area contributed by atoms with Crippen LogP contribution in [0.15, 0.2) is 54.6 Å². The summed E-state index contributed by atoms with van der Waals surface area (Å²) >= 11 is 0. The van der Waals surface area contributed by atoms with E-state index in [1.54, 1.807) is 0 Å². The molecule has 0 amide bonds. The number of hydrogen-bond acceptors (Lipinski definition) is 0. The van der Waals surface area contributed by atoms with Crippen LogP contribution in [-0.4, -0.2) is 0 Å². The van der Waals surface area contributed by atoms with Gasteiger partial charge in [-0.3, -0.25) is 0 Å². The Balaban J connectivity index is 1.47. The molecular formula is C30H33F. The molecule has 31 heavy (non-hydrogen) atoms. The lowest BCUT2D eigenvalue weighted by Crippen LogP contribution is -2.10. The van der Waals surface area contributed by atoms with Gasteiger partial charge in [-0.2, -0.15) is 0 Å². The molecule has 4 rings (SSSR count). The van der Waals surface area contributed by atoms with Crippen molar-refractivity contribution in [2.45, 2.75) is 71.1 Å². The molecule has 0 atom stereocenters. The van der Waals surface area contributed by atoms with E-state index in [4.69, 9.17) is 0 Å². The van der Waals surface area contributed by atoms with Crippen molar-refractivity contribution in [1.29, 1.82) is 0 Å². The molecule has 0 unspecified atom stereocenters. The van der Waals surface area contributed by atoms with Crippen LogP contribution in [0.3, 0.4) is 0 Å². The third kappa shape index (κ3) is 5.37. The predicted octanol–water partition coefficient (Wildman–Crippen LogP) is 8.41. The molecule has 1 aliphatic rings. The van der Waals surface area contributed by atoms with Crippen LogP contribution < -0.4 is 0 Å². The van der Waals surface area contributed by atoms with Gasteiger partial charge >= 0.3 is 0 Å². The summed E-state index contributed by atoms with van der Waals surface area (Å²) in [4.78, 5) is 0. The van der Waals surface area contributed by atoms with Gasteiger partial charge in [-0.25, -0.2) is 4.39 Å². The number of halogens is 1. The van der Waals surface area contributed by atoms with Crippen molar-refractivity contribution in [3.05, 3.63) is 82.7 Å². The monoisotopic (exact) mass is 412 g/mol. The number of aryl methyl sites for hydroxylation is 1. The molecule has 0 N–H and O–H groups in total.